The summed E-state index contributed by atoms with van der Waals surface area (Å²) in [6, 6.07) is 41.4. The maximum atomic E-state index is 9.46. The van der Waals surface area contributed by atoms with Gasteiger partial charge >= 0.3 is 454 Å². The van der Waals surface area contributed by atoms with Crippen LogP contribution in [0, 0.1) is 0 Å². The molecule has 2 nitrogen and oxygen atoms in total. The van der Waals surface area contributed by atoms with Gasteiger partial charge in [-0.3, -0.25) is 0 Å². The zero-order valence-corrected chi connectivity index (χ0v) is 51.8. The number of fused-ring (bicyclic) bond motifs is 4. The quantitative estimate of drug-likeness (QED) is 0.142. The van der Waals surface area contributed by atoms with E-state index in [-0.39, 0.29) is 28.9 Å². The molecule has 2 aromatic heterocycles. The fourth-order valence-electron chi connectivity index (χ4n) is 12.2. The summed E-state index contributed by atoms with van der Waals surface area (Å²) in [6.45, 7) is 37.4. The maximum absolute atomic E-state index is 9.46. The molecule has 2 atom stereocenters. The van der Waals surface area contributed by atoms with Crippen molar-refractivity contribution in [1.82, 2.24) is 0 Å². The van der Waals surface area contributed by atoms with E-state index in [1.165, 1.54) is 77.9 Å². The van der Waals surface area contributed by atoms with Gasteiger partial charge in [0.25, 0.3) is 0 Å². The van der Waals surface area contributed by atoms with Crippen molar-refractivity contribution in [3.63, 3.8) is 0 Å². The molecule has 6 aromatic carbocycles. The first-order valence-electron chi connectivity index (χ1n) is 27.0. The molecule has 6 heteroatoms. The van der Waals surface area contributed by atoms with E-state index in [4.69, 9.17) is 8.83 Å². The van der Waals surface area contributed by atoms with E-state index in [9.17, 15) is 17.0 Å². The van der Waals surface area contributed by atoms with Crippen molar-refractivity contribution in [2.45, 2.75) is 152 Å². The van der Waals surface area contributed by atoms with Crippen LogP contribution in [0.2, 0.25) is 13.1 Å². The Hall–Kier alpha value is -4.44. The van der Waals surface area contributed by atoms with Crippen LogP contribution in [0.15, 0.2) is 131 Å². The minimum absolute atomic E-state index is 0.0614. The van der Waals surface area contributed by atoms with E-state index in [0.717, 1.165) is 57.1 Å². The molecule has 0 radical (unpaired) electrons. The number of benzene rings is 6. The summed E-state index contributed by atoms with van der Waals surface area (Å²) in [5.74, 6) is 1.72. The molecule has 0 spiro atoms. The van der Waals surface area contributed by atoms with Gasteiger partial charge < -0.3 is 0 Å². The number of rotatable bonds is 8. The Kier molecular flexibility index (Phi) is 13.1. The molecule has 2 aliphatic carbocycles. The fourth-order valence-corrected chi connectivity index (χ4v) is 39.9. The van der Waals surface area contributed by atoms with Crippen molar-refractivity contribution in [2.24, 2.45) is 0 Å². The summed E-state index contributed by atoms with van der Waals surface area (Å²) >= 11 is -5.74. The molecule has 2 heterocycles. The molecular weight excluding hydrogens is 1040 g/mol. The van der Waals surface area contributed by atoms with Gasteiger partial charge in [-0.1, -0.05) is 0 Å². The van der Waals surface area contributed by atoms with Crippen LogP contribution in [0.5, 0.6) is 0 Å². The summed E-state index contributed by atoms with van der Waals surface area (Å²) in [5, 5.41) is 4.28. The summed E-state index contributed by atoms with van der Waals surface area (Å²) in [7, 11) is 18.9. The Morgan fingerprint density at radius 3 is 1.12 bits per heavy atom. The zero-order valence-electron chi connectivity index (χ0n) is 46.8. The molecule has 10 rings (SSSR count). The molecule has 0 bridgehead atoms. The zero-order chi connectivity index (χ0) is 53.3. The molecule has 0 amide bonds. The molecule has 0 saturated carbocycles. The fraction of sp³-hybridized carbons (Fsp3) is 0.353. The molecule has 2 unspecified atom stereocenters. The van der Waals surface area contributed by atoms with Gasteiger partial charge in [0.05, 0.1) is 0 Å². The summed E-state index contributed by atoms with van der Waals surface area (Å²) in [5.41, 5.74) is 18.2. The molecule has 382 valence electrons. The molecule has 0 fully saturated rings. The normalized spacial score (nSPS) is 16.5. The third-order valence-electron chi connectivity index (χ3n) is 16.8. The van der Waals surface area contributed by atoms with Gasteiger partial charge in [-0.05, 0) is 0 Å². The third kappa shape index (κ3) is 8.69. The van der Waals surface area contributed by atoms with Crippen molar-refractivity contribution in [3.05, 3.63) is 189 Å². The second-order valence-corrected chi connectivity index (χ2v) is 64.8. The van der Waals surface area contributed by atoms with Crippen LogP contribution in [-0.4, -0.2) is 5.43 Å². The van der Waals surface area contributed by atoms with Crippen LogP contribution >= 0.6 is 17.0 Å². The first kappa shape index (κ1) is 53.0. The summed E-state index contributed by atoms with van der Waals surface area (Å²) in [6.07, 6.45) is 10.5. The van der Waals surface area contributed by atoms with Gasteiger partial charge in [0.15, 0.2) is 0 Å². The molecule has 2 aliphatic rings. The van der Waals surface area contributed by atoms with E-state index in [1.807, 2.05) is 12.5 Å². The summed E-state index contributed by atoms with van der Waals surface area (Å²) < 4.78 is 13.2. The van der Waals surface area contributed by atoms with Crippen LogP contribution in [0.4, 0.5) is 0 Å². The molecule has 74 heavy (non-hydrogen) atoms. The average molecular weight is 1120 g/mol. The van der Waals surface area contributed by atoms with Gasteiger partial charge in [0.1, 0.15) is 0 Å². The topological polar surface area (TPSA) is 26.3 Å². The molecule has 0 aliphatic heterocycles. The third-order valence-corrected chi connectivity index (χ3v) is 63.1. The number of hydrogen-bond donors (Lipinski definition) is 0. The van der Waals surface area contributed by atoms with Gasteiger partial charge in [0, 0.05) is 0 Å². The number of furan rings is 2. The predicted octanol–water partition coefficient (Wildman–Crippen LogP) is 21.0. The van der Waals surface area contributed by atoms with Gasteiger partial charge in [-0.25, -0.2) is 0 Å². The number of halogens is 2. The van der Waals surface area contributed by atoms with E-state index < -0.39 is 20.4 Å². The van der Waals surface area contributed by atoms with Crippen LogP contribution in [0.25, 0.3) is 67.1 Å². The Morgan fingerprint density at radius 2 is 0.811 bits per heavy atom. The van der Waals surface area contributed by atoms with Crippen LogP contribution in [-0.2, 0) is 49.5 Å². The standard InChI is InChI=1S/2C33H35O.C2H6Si.2ClH.Zr/c2*1-8-21-13-14-22-15-25(31-28-12-10-9-11-23(28)20-34-31)18-29(22)30(21)24-16-26(32(2,3)4)19-27(17-24)33(5,6)7;1-3-2;;;/h2*9-20H,8H2,1-7H3;1-2H3;2*1H;/q;;;;;+2/p-2. The van der Waals surface area contributed by atoms with Gasteiger partial charge in [-0.15, -0.1) is 0 Å². The van der Waals surface area contributed by atoms with E-state index >= 15 is 0 Å². The number of hydrogen-bond acceptors (Lipinski definition) is 2. The van der Waals surface area contributed by atoms with Crippen molar-refractivity contribution in [2.75, 3.05) is 0 Å². The first-order valence-corrected chi connectivity index (χ1v) is 42.4. The average Bonchev–Trinajstić information content (AvgIpc) is 4.15. The van der Waals surface area contributed by atoms with Crippen molar-refractivity contribution < 1.29 is 23.8 Å². The van der Waals surface area contributed by atoms with Crippen molar-refractivity contribution in [1.29, 1.82) is 0 Å². The number of aryl methyl sites for hydroxylation is 2. The Bertz CT molecular complexity index is 3420. The van der Waals surface area contributed by atoms with E-state index in [1.54, 1.807) is 0 Å². The van der Waals surface area contributed by atoms with Crippen molar-refractivity contribution >= 4 is 67.3 Å². The second-order valence-electron chi connectivity index (χ2n) is 26.0. The Balaban J connectivity index is 1.34. The molecular formula is C68H76Cl2O2SiZr. The first-order chi connectivity index (χ1) is 34.6. The van der Waals surface area contributed by atoms with Gasteiger partial charge in [0.2, 0.25) is 0 Å². The molecule has 8 aromatic rings. The Morgan fingerprint density at radius 1 is 0.473 bits per heavy atom. The summed E-state index contributed by atoms with van der Waals surface area (Å²) in [4.78, 5) is 0. The van der Waals surface area contributed by atoms with Crippen LogP contribution < -0.4 is 0 Å². The SMILES string of the molecule is CCc1ccc2c(c1-c1cc(C(C)(C)C)cc(C(C)(C)C)c1)C=C(c1occ3ccccc13)[CH]2[Zr]([Cl])([Cl])([CH]1C(c2occ3ccccc23)=Cc2c1ccc(CC)c2-c1cc(C(C)(C)C)cc(C(C)(C)C)c1)=[Si](C)C. The van der Waals surface area contributed by atoms with E-state index in [0.29, 0.717) is 0 Å². The minimum atomic E-state index is -5.74. The van der Waals surface area contributed by atoms with Crippen LogP contribution in [0.1, 0.15) is 171 Å². The molecule has 0 N–H and O–H groups in total. The van der Waals surface area contributed by atoms with E-state index in [2.05, 4.69) is 231 Å². The second kappa shape index (κ2) is 18.4. The molecule has 0 saturated heterocycles. The van der Waals surface area contributed by atoms with Crippen molar-refractivity contribution in [3.8, 4) is 22.3 Å². The monoisotopic (exact) mass is 1110 g/mol. The predicted molar refractivity (Wildman–Crippen MR) is 320 cm³/mol. The van der Waals surface area contributed by atoms with Crippen LogP contribution in [0.3, 0.4) is 0 Å². The van der Waals surface area contributed by atoms with Gasteiger partial charge in [-0.2, -0.15) is 0 Å². The Labute approximate surface area is 450 Å². The number of allylic oxidation sites excluding steroid dienone is 2.